The molecule has 0 fully saturated rings. The number of furan rings is 2. The Morgan fingerprint density at radius 2 is 0.413 bits per heavy atom. The van der Waals surface area contributed by atoms with E-state index in [4.69, 9.17) is 38.7 Å². The van der Waals surface area contributed by atoms with Crippen LogP contribution in [0.4, 0.5) is 0 Å². The van der Waals surface area contributed by atoms with Crippen LogP contribution in [0.3, 0.4) is 0 Å². The van der Waals surface area contributed by atoms with Crippen molar-refractivity contribution in [2.75, 3.05) is 0 Å². The van der Waals surface area contributed by atoms with Crippen LogP contribution in [-0.4, -0.2) is 29.9 Å². The van der Waals surface area contributed by atoms with Gasteiger partial charge in [0, 0.05) is 109 Å². The minimum atomic E-state index is 0.678. The monoisotopic (exact) mass is 1610 g/mol. The summed E-state index contributed by atoms with van der Waals surface area (Å²) < 4.78 is 13.2. The van der Waals surface area contributed by atoms with Gasteiger partial charge in [0.1, 0.15) is 22.3 Å². The Kier molecular flexibility index (Phi) is 18.8. The van der Waals surface area contributed by atoms with Gasteiger partial charge in [-0.25, -0.2) is 29.9 Å². The maximum Gasteiger partial charge on any atom is 0.160 e. The zero-order valence-electron chi connectivity index (χ0n) is 68.2. The first-order valence-electron chi connectivity index (χ1n) is 42.5. The number of fused-ring (bicyclic) bond motifs is 12. The maximum atomic E-state index is 6.61. The number of nitrogens with zero attached hydrogens (tertiary/aromatic N) is 6. The van der Waals surface area contributed by atoms with Gasteiger partial charge in [-0.1, -0.05) is 388 Å². The molecule has 8 heteroatoms. The normalized spacial score (nSPS) is 11.5. The lowest BCUT2D eigenvalue weighted by Gasteiger charge is -2.16. The van der Waals surface area contributed by atoms with E-state index in [2.05, 4.69) is 382 Å². The van der Waals surface area contributed by atoms with Gasteiger partial charge in [0.05, 0.1) is 45.2 Å². The van der Waals surface area contributed by atoms with Crippen molar-refractivity contribution in [2.24, 2.45) is 0 Å². The fraction of sp³-hybridized carbons (Fsp3) is 0. The molecule has 0 N–H and O–H groups in total. The first-order chi connectivity index (χ1) is 62.4. The largest absolute Gasteiger partial charge is 0.456 e. The predicted octanol–water partition coefficient (Wildman–Crippen LogP) is 31.5. The summed E-state index contributed by atoms with van der Waals surface area (Å²) in [6.45, 7) is 0. The Labute approximate surface area is 727 Å². The Bertz CT molecular complexity index is 8090. The van der Waals surface area contributed by atoms with Crippen molar-refractivity contribution in [1.29, 1.82) is 0 Å². The third-order valence-corrected chi connectivity index (χ3v) is 24.2. The molecule has 0 unspecified atom stereocenters. The standard InChI is InChI=1S/C65H41N3O.C53H33N3O/c1-4-16-42(17-5-1)49-22-14-24-51(38-49)58-41-57(67-65(68-58)52-25-15-23-50(39-52)43-18-6-2-7-19-43)46-34-30-44(31-35-46)45-32-36-48(37-33-45)64-55-40-60-63(54-27-11-13-29-59(54)69-60)61(47-20-8-3-9-21-47)62(55)53-26-10-12-28-56(53)66-64;1-4-14-36(15-5-1)45-33-46(37-16-6-2-7-17-37)56-53(55-45)40-30-26-35(27-31-40)34-24-28-39(29-25-34)52-43-32-48-51(42-21-11-13-23-47(42)57-48)49(38-18-8-3-9-19-38)50(43)41-20-10-12-22-44(41)54-52/h1-41H;1-33H. The van der Waals surface area contributed by atoms with E-state index in [-0.39, 0.29) is 0 Å². The summed E-state index contributed by atoms with van der Waals surface area (Å²) in [4.78, 5) is 31.2. The Hall–Kier alpha value is -16.9. The summed E-state index contributed by atoms with van der Waals surface area (Å²) in [5.74, 6) is 1.37. The molecule has 0 saturated carbocycles. The van der Waals surface area contributed by atoms with Gasteiger partial charge in [-0.3, -0.25) is 0 Å². The average molecular weight is 1610 g/mol. The van der Waals surface area contributed by atoms with Gasteiger partial charge in [-0.2, -0.15) is 0 Å². The van der Waals surface area contributed by atoms with Crippen LogP contribution in [0.1, 0.15) is 0 Å². The summed E-state index contributed by atoms with van der Waals surface area (Å²) in [6.07, 6.45) is 0. The van der Waals surface area contributed by atoms with Crippen molar-refractivity contribution in [3.05, 3.63) is 449 Å². The quantitative estimate of drug-likeness (QED) is 0.0992. The van der Waals surface area contributed by atoms with Crippen LogP contribution in [0.25, 0.3) is 244 Å². The zero-order valence-corrected chi connectivity index (χ0v) is 68.2. The van der Waals surface area contributed by atoms with Gasteiger partial charge < -0.3 is 8.83 Å². The smallest absolute Gasteiger partial charge is 0.160 e. The lowest BCUT2D eigenvalue weighted by molar-refractivity contribution is 0.669. The molecule has 18 aromatic carbocycles. The first-order valence-corrected chi connectivity index (χ1v) is 42.5. The van der Waals surface area contributed by atoms with Crippen LogP contribution in [0.5, 0.6) is 0 Å². The number of hydrogen-bond donors (Lipinski definition) is 0. The molecule has 0 aliphatic rings. The molecule has 6 aromatic heterocycles. The molecule has 0 aliphatic carbocycles. The van der Waals surface area contributed by atoms with Gasteiger partial charge in [0.15, 0.2) is 11.6 Å². The minimum absolute atomic E-state index is 0.678. The number of aromatic nitrogens is 6. The zero-order chi connectivity index (χ0) is 83.4. The van der Waals surface area contributed by atoms with E-state index >= 15 is 0 Å². The fourth-order valence-corrected chi connectivity index (χ4v) is 18.1. The molecule has 0 spiro atoms. The summed E-state index contributed by atoms with van der Waals surface area (Å²) in [7, 11) is 0. The minimum Gasteiger partial charge on any atom is -0.456 e. The molecule has 0 atom stereocenters. The van der Waals surface area contributed by atoms with E-state index in [1.54, 1.807) is 0 Å². The van der Waals surface area contributed by atoms with E-state index in [0.29, 0.717) is 11.6 Å². The van der Waals surface area contributed by atoms with E-state index in [1.165, 1.54) is 16.3 Å². The third-order valence-electron chi connectivity index (χ3n) is 24.2. The summed E-state index contributed by atoms with van der Waals surface area (Å²) in [5, 5.41) is 11.2. The van der Waals surface area contributed by atoms with Crippen molar-refractivity contribution >= 4 is 87.2 Å². The summed E-state index contributed by atoms with van der Waals surface area (Å²) in [5.41, 5.74) is 32.5. The Morgan fingerprint density at radius 3 is 0.817 bits per heavy atom. The number of pyridine rings is 2. The number of benzene rings is 18. The van der Waals surface area contributed by atoms with Gasteiger partial charge in [0.25, 0.3) is 0 Å². The average Bonchev–Trinajstić information content (AvgIpc) is 1.49. The summed E-state index contributed by atoms with van der Waals surface area (Å²) >= 11 is 0. The fourth-order valence-electron chi connectivity index (χ4n) is 18.1. The van der Waals surface area contributed by atoms with Crippen LogP contribution in [-0.2, 0) is 0 Å². The van der Waals surface area contributed by atoms with Gasteiger partial charge in [-0.15, -0.1) is 0 Å². The molecule has 8 nitrogen and oxygen atoms in total. The topological polar surface area (TPSA) is 104 Å². The van der Waals surface area contributed by atoms with Crippen LogP contribution >= 0.6 is 0 Å². The predicted molar refractivity (Wildman–Crippen MR) is 520 cm³/mol. The van der Waals surface area contributed by atoms with E-state index in [0.717, 1.165) is 216 Å². The molecule has 0 radical (unpaired) electrons. The van der Waals surface area contributed by atoms with Crippen molar-refractivity contribution in [1.82, 2.24) is 29.9 Å². The molecule has 0 amide bonds. The van der Waals surface area contributed by atoms with Crippen molar-refractivity contribution < 1.29 is 8.83 Å². The van der Waals surface area contributed by atoms with E-state index < -0.39 is 0 Å². The molecule has 24 rings (SSSR count). The Balaban J connectivity index is 0.000000148. The molecule has 6 heterocycles. The molecule has 0 aliphatic heterocycles. The highest BCUT2D eigenvalue weighted by atomic mass is 16.3. The van der Waals surface area contributed by atoms with Crippen LogP contribution in [0.15, 0.2) is 458 Å². The second-order valence-corrected chi connectivity index (χ2v) is 31.8. The highest BCUT2D eigenvalue weighted by molar-refractivity contribution is 6.29. The van der Waals surface area contributed by atoms with Crippen LogP contribution in [0.2, 0.25) is 0 Å². The second-order valence-electron chi connectivity index (χ2n) is 31.8. The second kappa shape index (κ2) is 31.9. The van der Waals surface area contributed by atoms with Gasteiger partial charge >= 0.3 is 0 Å². The first kappa shape index (κ1) is 74.1. The van der Waals surface area contributed by atoms with Crippen molar-refractivity contribution in [3.8, 4) is 157 Å². The molecular weight excluding hydrogens is 1530 g/mol. The molecule has 588 valence electrons. The van der Waals surface area contributed by atoms with Crippen molar-refractivity contribution in [2.45, 2.75) is 0 Å². The summed E-state index contributed by atoms with van der Waals surface area (Å²) in [6, 6.07) is 157. The Morgan fingerprint density at radius 1 is 0.143 bits per heavy atom. The van der Waals surface area contributed by atoms with E-state index in [1.807, 2.05) is 66.7 Å². The van der Waals surface area contributed by atoms with Gasteiger partial charge in [0.2, 0.25) is 0 Å². The molecule has 0 saturated heterocycles. The maximum absolute atomic E-state index is 6.61. The number of rotatable bonds is 14. The molecule has 0 bridgehead atoms. The highest BCUT2D eigenvalue weighted by Gasteiger charge is 2.26. The highest BCUT2D eigenvalue weighted by Crippen LogP contribution is 2.50. The lowest BCUT2D eigenvalue weighted by Crippen LogP contribution is -1.96. The molecule has 24 aromatic rings. The molecular formula is C118H74N6O2. The van der Waals surface area contributed by atoms with Gasteiger partial charge in [-0.05, 0) is 116 Å². The number of para-hydroxylation sites is 4. The molecule has 126 heavy (non-hydrogen) atoms. The lowest BCUT2D eigenvalue weighted by atomic mass is 9.89. The SMILES string of the molecule is c1ccc(-c2cc(-c3ccccc3)nc(-c3ccc(-c4ccc(-c5nc6ccccc6c6c(-c7ccccc7)c7c(cc56)oc5ccccc57)cc4)cc3)n2)cc1.c1ccc(-c2cccc(-c3cc(-c4ccc(-c5ccc(-c6nc7ccccc7c7c(-c8ccccc8)c8c(cc67)oc6ccccc68)cc5)cc4)nc(-c4cccc(-c5ccccc5)c4)n3)c2)cc1. The van der Waals surface area contributed by atoms with Crippen molar-refractivity contribution in [3.63, 3.8) is 0 Å². The number of hydrogen-bond acceptors (Lipinski definition) is 8. The van der Waals surface area contributed by atoms with E-state index in [9.17, 15) is 0 Å². The van der Waals surface area contributed by atoms with Crippen LogP contribution < -0.4 is 0 Å². The van der Waals surface area contributed by atoms with Crippen LogP contribution in [0, 0.1) is 0 Å². The third kappa shape index (κ3) is 13.8.